The Bertz CT molecular complexity index is 822. The van der Waals surface area contributed by atoms with Gasteiger partial charge in [-0.2, -0.15) is 13.2 Å². The van der Waals surface area contributed by atoms with Gasteiger partial charge in [-0.05, 0) is 23.8 Å². The van der Waals surface area contributed by atoms with Gasteiger partial charge in [-0.15, -0.1) is 13.2 Å². The summed E-state index contributed by atoms with van der Waals surface area (Å²) in [6.45, 7) is -1.40. The molecule has 3 N–H and O–H groups in total. The number of nitrogens with two attached hydrogens (primary N) is 1. The van der Waals surface area contributed by atoms with Gasteiger partial charge in [0.15, 0.2) is 12.6 Å². The van der Waals surface area contributed by atoms with Crippen LogP contribution in [0, 0.1) is 0 Å². The second kappa shape index (κ2) is 9.34. The third-order valence-electron chi connectivity index (χ3n) is 3.27. The predicted octanol–water partition coefficient (Wildman–Crippen LogP) is 3.53. The number of halogens is 6. The zero-order valence-corrected chi connectivity index (χ0v) is 14.7. The van der Waals surface area contributed by atoms with Gasteiger partial charge < -0.3 is 20.5 Å². The maximum atomic E-state index is 12.3. The maximum absolute atomic E-state index is 12.3. The zero-order chi connectivity index (χ0) is 21.5. The van der Waals surface area contributed by atoms with Crippen LogP contribution in [0.15, 0.2) is 47.6 Å². The Morgan fingerprint density at radius 2 is 1.76 bits per heavy atom. The van der Waals surface area contributed by atoms with Crippen LogP contribution in [-0.4, -0.2) is 30.1 Å². The molecule has 0 unspecified atom stereocenters. The smallest absolute Gasteiger partial charge is 0.468 e. The highest BCUT2D eigenvalue weighted by Gasteiger charge is 2.31. The standard InChI is InChI=1S/C17H16F6N4O2/c18-16(19,20)10-28-14-12(2-1-7-25-14)9-27-15(24)26-8-11-3-5-13(6-4-11)29-17(21,22)23/h1-7H,8-10H2,(H3,24,26,27). The van der Waals surface area contributed by atoms with Crippen LogP contribution >= 0.6 is 0 Å². The minimum atomic E-state index is -4.77. The fourth-order valence-electron chi connectivity index (χ4n) is 2.05. The van der Waals surface area contributed by atoms with E-state index in [0.717, 1.165) is 12.1 Å². The van der Waals surface area contributed by atoms with Gasteiger partial charge in [0.1, 0.15) is 5.75 Å². The van der Waals surface area contributed by atoms with E-state index >= 15 is 0 Å². The van der Waals surface area contributed by atoms with Crippen molar-refractivity contribution in [3.63, 3.8) is 0 Å². The molecule has 0 spiro atoms. The summed E-state index contributed by atoms with van der Waals surface area (Å²) >= 11 is 0. The molecule has 0 fully saturated rings. The number of pyridine rings is 1. The fraction of sp³-hybridized carbons (Fsp3) is 0.294. The van der Waals surface area contributed by atoms with Gasteiger partial charge in [0.05, 0.1) is 6.54 Å². The van der Waals surface area contributed by atoms with Crippen LogP contribution in [0.25, 0.3) is 0 Å². The predicted molar refractivity (Wildman–Crippen MR) is 91.1 cm³/mol. The van der Waals surface area contributed by atoms with E-state index in [0.29, 0.717) is 11.1 Å². The minimum Gasteiger partial charge on any atom is -0.468 e. The Morgan fingerprint density at radius 3 is 2.38 bits per heavy atom. The summed E-state index contributed by atoms with van der Waals surface area (Å²) in [4.78, 5) is 7.76. The van der Waals surface area contributed by atoms with E-state index in [1.807, 2.05) is 0 Å². The molecule has 158 valence electrons. The van der Waals surface area contributed by atoms with Crippen LogP contribution in [0.3, 0.4) is 0 Å². The Labute approximate surface area is 161 Å². The summed E-state index contributed by atoms with van der Waals surface area (Å²) in [5.74, 6) is -0.573. The Balaban J connectivity index is 1.89. The molecule has 0 saturated carbocycles. The van der Waals surface area contributed by atoms with Crippen molar-refractivity contribution < 1.29 is 35.8 Å². The number of aromatic nitrogens is 1. The normalized spacial score (nSPS) is 12.6. The summed E-state index contributed by atoms with van der Waals surface area (Å²) < 4.78 is 81.6. The average Bonchev–Trinajstić information content (AvgIpc) is 2.63. The van der Waals surface area contributed by atoms with Gasteiger partial charge in [-0.3, -0.25) is 0 Å². The Kier molecular flexibility index (Phi) is 7.13. The molecule has 0 aliphatic carbocycles. The molecular weight excluding hydrogens is 406 g/mol. The summed E-state index contributed by atoms with van der Waals surface area (Å²) in [5.41, 5.74) is 6.61. The molecule has 0 aliphatic rings. The highest BCUT2D eigenvalue weighted by Crippen LogP contribution is 2.23. The van der Waals surface area contributed by atoms with Crippen molar-refractivity contribution in [1.82, 2.24) is 10.3 Å². The molecule has 29 heavy (non-hydrogen) atoms. The van der Waals surface area contributed by atoms with E-state index < -0.39 is 19.1 Å². The first-order valence-corrected chi connectivity index (χ1v) is 8.04. The van der Waals surface area contributed by atoms with Crippen LogP contribution < -0.4 is 20.5 Å². The van der Waals surface area contributed by atoms with Crippen molar-refractivity contribution >= 4 is 5.96 Å². The number of hydrogen-bond acceptors (Lipinski definition) is 4. The van der Waals surface area contributed by atoms with Crippen molar-refractivity contribution in [1.29, 1.82) is 0 Å². The first kappa shape index (κ1) is 22.1. The Hall–Kier alpha value is -3.18. The topological polar surface area (TPSA) is 81.8 Å². The van der Waals surface area contributed by atoms with Crippen LogP contribution in [0.4, 0.5) is 26.3 Å². The lowest BCUT2D eigenvalue weighted by molar-refractivity contribution is -0.274. The molecular formula is C17H16F6N4O2. The van der Waals surface area contributed by atoms with Crippen molar-refractivity contribution in [2.24, 2.45) is 10.7 Å². The molecule has 0 atom stereocenters. The fourth-order valence-corrected chi connectivity index (χ4v) is 2.05. The summed E-state index contributed by atoms with van der Waals surface area (Å²) in [6, 6.07) is 8.10. The van der Waals surface area contributed by atoms with Crippen LogP contribution in [0.1, 0.15) is 11.1 Å². The molecule has 0 radical (unpaired) electrons. The number of ether oxygens (including phenoxy) is 2. The molecule has 2 aromatic rings. The van der Waals surface area contributed by atoms with Crippen LogP contribution in [-0.2, 0) is 13.1 Å². The van der Waals surface area contributed by atoms with E-state index in [2.05, 4.69) is 24.8 Å². The zero-order valence-electron chi connectivity index (χ0n) is 14.7. The monoisotopic (exact) mass is 422 g/mol. The molecule has 1 aromatic heterocycles. The molecule has 2 rings (SSSR count). The van der Waals surface area contributed by atoms with Gasteiger partial charge in [-0.1, -0.05) is 18.2 Å². The highest BCUT2D eigenvalue weighted by atomic mass is 19.4. The quantitative estimate of drug-likeness (QED) is 0.405. The molecule has 0 bridgehead atoms. The molecule has 0 aliphatic heterocycles. The van der Waals surface area contributed by atoms with Gasteiger partial charge in [0.25, 0.3) is 0 Å². The van der Waals surface area contributed by atoms with Gasteiger partial charge in [-0.25, -0.2) is 9.98 Å². The average molecular weight is 422 g/mol. The largest absolute Gasteiger partial charge is 0.573 e. The molecule has 1 aromatic carbocycles. The second-order valence-electron chi connectivity index (χ2n) is 5.62. The number of guanidine groups is 1. The van der Waals surface area contributed by atoms with Crippen molar-refractivity contribution in [3.8, 4) is 11.6 Å². The number of alkyl halides is 6. The van der Waals surface area contributed by atoms with E-state index in [4.69, 9.17) is 5.73 Å². The number of hydrogen-bond donors (Lipinski definition) is 2. The van der Waals surface area contributed by atoms with E-state index in [9.17, 15) is 26.3 Å². The third-order valence-corrected chi connectivity index (χ3v) is 3.27. The lowest BCUT2D eigenvalue weighted by Gasteiger charge is -2.12. The first-order chi connectivity index (χ1) is 13.5. The number of rotatable bonds is 7. The lowest BCUT2D eigenvalue weighted by atomic mass is 10.2. The molecule has 6 nitrogen and oxygen atoms in total. The Morgan fingerprint density at radius 1 is 1.07 bits per heavy atom. The van der Waals surface area contributed by atoms with Crippen LogP contribution in [0.2, 0.25) is 0 Å². The van der Waals surface area contributed by atoms with E-state index in [1.54, 1.807) is 0 Å². The van der Waals surface area contributed by atoms with Gasteiger partial charge >= 0.3 is 12.5 Å². The molecule has 12 heteroatoms. The van der Waals surface area contributed by atoms with Crippen molar-refractivity contribution in [2.45, 2.75) is 25.6 Å². The van der Waals surface area contributed by atoms with E-state index in [1.165, 1.54) is 30.5 Å². The third kappa shape index (κ3) is 8.58. The minimum absolute atomic E-state index is 0.00866. The van der Waals surface area contributed by atoms with Crippen LogP contribution in [0.5, 0.6) is 11.6 Å². The molecule has 0 amide bonds. The van der Waals surface area contributed by atoms with Crippen molar-refractivity contribution in [3.05, 3.63) is 53.7 Å². The second-order valence-corrected chi connectivity index (χ2v) is 5.62. The molecule has 0 saturated heterocycles. The lowest BCUT2D eigenvalue weighted by Crippen LogP contribution is -2.31. The summed E-state index contributed by atoms with van der Waals surface area (Å²) in [6.07, 6.45) is -7.98. The maximum Gasteiger partial charge on any atom is 0.573 e. The summed E-state index contributed by atoms with van der Waals surface area (Å²) in [7, 11) is 0. The van der Waals surface area contributed by atoms with E-state index in [-0.39, 0.29) is 30.7 Å². The SMILES string of the molecule is NC(=NCc1ccc(OC(F)(F)F)cc1)NCc1cccnc1OCC(F)(F)F. The summed E-state index contributed by atoms with van der Waals surface area (Å²) in [5, 5.41) is 2.70. The van der Waals surface area contributed by atoms with Gasteiger partial charge in [0.2, 0.25) is 5.88 Å². The number of nitrogens with one attached hydrogen (secondary N) is 1. The number of aliphatic imine (C=N–C) groups is 1. The molecule has 1 heterocycles. The number of nitrogens with zero attached hydrogens (tertiary/aromatic N) is 2. The highest BCUT2D eigenvalue weighted by molar-refractivity contribution is 5.77. The first-order valence-electron chi connectivity index (χ1n) is 8.04. The van der Waals surface area contributed by atoms with Gasteiger partial charge in [0, 0.05) is 18.3 Å². The number of benzene rings is 1. The van der Waals surface area contributed by atoms with Crippen molar-refractivity contribution in [2.75, 3.05) is 6.61 Å².